The number of benzene rings is 1. The number of carbonyl (C=O) groups excluding carboxylic acids is 1. The lowest BCUT2D eigenvalue weighted by molar-refractivity contribution is 0.0951. The first-order chi connectivity index (χ1) is 8.97. The summed E-state index contributed by atoms with van der Waals surface area (Å²) in [5.41, 5.74) is 8.79. The van der Waals surface area contributed by atoms with Crippen LogP contribution in [0.3, 0.4) is 0 Å². The fourth-order valence-corrected chi connectivity index (χ4v) is 2.15. The molecular weight excluding hydrogens is 308 g/mol. The highest BCUT2D eigenvalue weighted by Crippen LogP contribution is 2.20. The first kappa shape index (κ1) is 13.6. The lowest BCUT2D eigenvalue weighted by Crippen LogP contribution is -2.23. The number of nitrogens with zero attached hydrogens (tertiary/aromatic N) is 2. The minimum Gasteiger partial charge on any atom is -0.398 e. The highest BCUT2D eigenvalue weighted by Gasteiger charge is 2.09. The standard InChI is InChI=1S/C13H15BrN4O/c1-8-10(7-18(2)17-8)6-16-13(19)9-3-4-12(15)11(14)5-9/h3-5,7H,6,15H2,1-2H3,(H,16,19). The fourth-order valence-electron chi connectivity index (χ4n) is 1.77. The molecule has 1 aromatic heterocycles. The van der Waals surface area contributed by atoms with E-state index in [1.54, 1.807) is 22.9 Å². The van der Waals surface area contributed by atoms with E-state index >= 15 is 0 Å². The van der Waals surface area contributed by atoms with Crippen LogP contribution in [0.5, 0.6) is 0 Å². The van der Waals surface area contributed by atoms with Crippen molar-refractivity contribution in [2.75, 3.05) is 5.73 Å². The number of hydrogen-bond donors (Lipinski definition) is 2. The van der Waals surface area contributed by atoms with Crippen LogP contribution in [-0.2, 0) is 13.6 Å². The molecule has 0 saturated heterocycles. The first-order valence-electron chi connectivity index (χ1n) is 5.79. The average molecular weight is 323 g/mol. The van der Waals surface area contributed by atoms with Gasteiger partial charge in [0, 0.05) is 41.1 Å². The van der Waals surface area contributed by atoms with Gasteiger partial charge in [0.15, 0.2) is 0 Å². The molecule has 0 saturated carbocycles. The van der Waals surface area contributed by atoms with E-state index in [4.69, 9.17) is 5.73 Å². The van der Waals surface area contributed by atoms with Crippen LogP contribution in [0.2, 0.25) is 0 Å². The molecule has 100 valence electrons. The maximum absolute atomic E-state index is 12.0. The molecule has 0 spiro atoms. The SMILES string of the molecule is Cc1nn(C)cc1CNC(=O)c1ccc(N)c(Br)c1. The zero-order valence-corrected chi connectivity index (χ0v) is 12.4. The Balaban J connectivity index is 2.05. The molecule has 3 N–H and O–H groups in total. The molecule has 1 amide bonds. The van der Waals surface area contributed by atoms with Gasteiger partial charge in [-0.3, -0.25) is 9.48 Å². The van der Waals surface area contributed by atoms with Gasteiger partial charge in [0.1, 0.15) is 0 Å². The molecule has 5 nitrogen and oxygen atoms in total. The van der Waals surface area contributed by atoms with E-state index in [1.807, 2.05) is 20.2 Å². The predicted octanol–water partition coefficient (Wildman–Crippen LogP) is 2.00. The third-order valence-electron chi connectivity index (χ3n) is 2.82. The molecule has 0 radical (unpaired) electrons. The van der Waals surface area contributed by atoms with E-state index in [0.717, 1.165) is 15.7 Å². The van der Waals surface area contributed by atoms with Crippen LogP contribution in [0.1, 0.15) is 21.6 Å². The van der Waals surface area contributed by atoms with Crippen molar-refractivity contribution in [2.24, 2.45) is 7.05 Å². The van der Waals surface area contributed by atoms with Crippen LogP contribution in [0.4, 0.5) is 5.69 Å². The van der Waals surface area contributed by atoms with Crippen LogP contribution < -0.4 is 11.1 Å². The summed E-state index contributed by atoms with van der Waals surface area (Å²) in [4.78, 5) is 12.0. The lowest BCUT2D eigenvalue weighted by Gasteiger charge is -2.06. The largest absolute Gasteiger partial charge is 0.398 e. The van der Waals surface area contributed by atoms with E-state index in [2.05, 4.69) is 26.3 Å². The number of halogens is 1. The number of carbonyl (C=O) groups is 1. The summed E-state index contributed by atoms with van der Waals surface area (Å²) in [5, 5.41) is 7.09. The summed E-state index contributed by atoms with van der Waals surface area (Å²) < 4.78 is 2.45. The van der Waals surface area contributed by atoms with Crippen LogP contribution in [0.25, 0.3) is 0 Å². The molecular formula is C13H15BrN4O. The molecule has 0 aliphatic rings. The number of nitrogens with two attached hydrogens (primary N) is 1. The Hall–Kier alpha value is -1.82. The topological polar surface area (TPSA) is 72.9 Å². The quantitative estimate of drug-likeness (QED) is 0.849. The Bertz CT molecular complexity index is 621. The van der Waals surface area contributed by atoms with Crippen molar-refractivity contribution in [3.8, 4) is 0 Å². The summed E-state index contributed by atoms with van der Waals surface area (Å²) in [7, 11) is 1.86. The van der Waals surface area contributed by atoms with Crippen molar-refractivity contribution < 1.29 is 4.79 Å². The lowest BCUT2D eigenvalue weighted by atomic mass is 10.2. The second-order valence-electron chi connectivity index (χ2n) is 4.33. The van der Waals surface area contributed by atoms with Gasteiger partial charge in [-0.25, -0.2) is 0 Å². The van der Waals surface area contributed by atoms with E-state index in [-0.39, 0.29) is 5.91 Å². The van der Waals surface area contributed by atoms with E-state index < -0.39 is 0 Å². The van der Waals surface area contributed by atoms with Gasteiger partial charge in [-0.15, -0.1) is 0 Å². The molecule has 19 heavy (non-hydrogen) atoms. The minimum absolute atomic E-state index is 0.135. The molecule has 0 unspecified atom stereocenters. The van der Waals surface area contributed by atoms with Gasteiger partial charge >= 0.3 is 0 Å². The smallest absolute Gasteiger partial charge is 0.251 e. The van der Waals surface area contributed by atoms with Gasteiger partial charge in [-0.05, 0) is 41.1 Å². The summed E-state index contributed by atoms with van der Waals surface area (Å²) in [6, 6.07) is 5.11. The summed E-state index contributed by atoms with van der Waals surface area (Å²) in [5.74, 6) is -0.135. The van der Waals surface area contributed by atoms with E-state index in [0.29, 0.717) is 17.8 Å². The molecule has 0 aliphatic heterocycles. The van der Waals surface area contributed by atoms with E-state index in [9.17, 15) is 4.79 Å². The van der Waals surface area contributed by atoms with Gasteiger partial charge in [0.05, 0.1) is 5.69 Å². The highest BCUT2D eigenvalue weighted by molar-refractivity contribution is 9.10. The third-order valence-corrected chi connectivity index (χ3v) is 3.50. The van der Waals surface area contributed by atoms with Crippen LogP contribution in [0, 0.1) is 6.92 Å². The Kier molecular flexibility index (Phi) is 3.90. The number of amides is 1. The average Bonchev–Trinajstić information content (AvgIpc) is 2.68. The minimum atomic E-state index is -0.135. The first-order valence-corrected chi connectivity index (χ1v) is 6.59. The number of hydrogen-bond acceptors (Lipinski definition) is 3. The fraction of sp³-hybridized carbons (Fsp3) is 0.231. The van der Waals surface area contributed by atoms with Crippen molar-refractivity contribution in [1.82, 2.24) is 15.1 Å². The molecule has 0 aliphatic carbocycles. The number of nitrogens with one attached hydrogen (secondary N) is 1. The van der Waals surface area contributed by atoms with Crippen molar-refractivity contribution in [1.29, 1.82) is 0 Å². The molecule has 2 rings (SSSR count). The Morgan fingerprint density at radius 2 is 2.26 bits per heavy atom. The number of nitrogen functional groups attached to an aromatic ring is 1. The summed E-state index contributed by atoms with van der Waals surface area (Å²) in [6.07, 6.45) is 1.90. The maximum Gasteiger partial charge on any atom is 0.251 e. The van der Waals surface area contributed by atoms with Gasteiger partial charge in [-0.1, -0.05) is 0 Å². The summed E-state index contributed by atoms with van der Waals surface area (Å²) in [6.45, 7) is 2.38. The van der Waals surface area contributed by atoms with E-state index in [1.165, 1.54) is 0 Å². The van der Waals surface area contributed by atoms with Crippen LogP contribution in [0.15, 0.2) is 28.9 Å². The zero-order valence-electron chi connectivity index (χ0n) is 10.8. The highest BCUT2D eigenvalue weighted by atomic mass is 79.9. The predicted molar refractivity (Wildman–Crippen MR) is 77.7 cm³/mol. The third kappa shape index (κ3) is 3.14. The van der Waals surface area contributed by atoms with Crippen LogP contribution in [-0.4, -0.2) is 15.7 Å². The second kappa shape index (κ2) is 5.44. The number of aryl methyl sites for hydroxylation is 2. The summed E-state index contributed by atoms with van der Waals surface area (Å²) >= 11 is 3.31. The Morgan fingerprint density at radius 3 is 2.84 bits per heavy atom. The van der Waals surface area contributed by atoms with Gasteiger partial charge in [0.25, 0.3) is 5.91 Å². The monoisotopic (exact) mass is 322 g/mol. The number of anilines is 1. The van der Waals surface area contributed by atoms with Crippen molar-refractivity contribution in [2.45, 2.75) is 13.5 Å². The van der Waals surface area contributed by atoms with Crippen molar-refractivity contribution in [3.05, 3.63) is 45.7 Å². The molecule has 0 fully saturated rings. The molecule has 0 bridgehead atoms. The van der Waals surface area contributed by atoms with Gasteiger partial charge in [0.2, 0.25) is 0 Å². The maximum atomic E-state index is 12.0. The molecule has 6 heteroatoms. The molecule has 0 atom stereocenters. The zero-order chi connectivity index (χ0) is 14.0. The van der Waals surface area contributed by atoms with Gasteiger partial charge < -0.3 is 11.1 Å². The molecule has 2 aromatic rings. The molecule has 1 aromatic carbocycles. The van der Waals surface area contributed by atoms with Crippen LogP contribution >= 0.6 is 15.9 Å². The molecule has 1 heterocycles. The van der Waals surface area contributed by atoms with Crippen molar-refractivity contribution >= 4 is 27.5 Å². The Labute approximate surface area is 119 Å². The number of aromatic nitrogens is 2. The second-order valence-corrected chi connectivity index (χ2v) is 5.19. The number of rotatable bonds is 3. The van der Waals surface area contributed by atoms with Gasteiger partial charge in [-0.2, -0.15) is 5.10 Å². The van der Waals surface area contributed by atoms with Crippen molar-refractivity contribution in [3.63, 3.8) is 0 Å². The normalized spacial score (nSPS) is 10.5. The Morgan fingerprint density at radius 1 is 1.53 bits per heavy atom.